The summed E-state index contributed by atoms with van der Waals surface area (Å²) in [6.07, 6.45) is 2.69. The summed E-state index contributed by atoms with van der Waals surface area (Å²) < 4.78 is 39.9. The van der Waals surface area contributed by atoms with Crippen molar-refractivity contribution in [3.63, 3.8) is 0 Å². The van der Waals surface area contributed by atoms with Crippen LogP contribution in [0.1, 0.15) is 24.8 Å². The Morgan fingerprint density at radius 3 is 2.55 bits per heavy atom. The van der Waals surface area contributed by atoms with E-state index in [1.165, 1.54) is 16.4 Å². The average molecular weight is 297 g/mol. The van der Waals surface area contributed by atoms with Crippen LogP contribution in [0.15, 0.2) is 23.1 Å². The van der Waals surface area contributed by atoms with Gasteiger partial charge in [0.2, 0.25) is 10.0 Å². The summed E-state index contributed by atoms with van der Waals surface area (Å²) in [4.78, 5) is -0.0496. The molecule has 0 saturated carbocycles. The second-order valence-corrected chi connectivity index (χ2v) is 6.50. The van der Waals surface area contributed by atoms with Crippen molar-refractivity contribution >= 4 is 10.0 Å². The number of benzene rings is 1. The Hall–Kier alpha value is -1.42. The predicted octanol–water partition coefficient (Wildman–Crippen LogP) is 1.34. The molecule has 1 aromatic rings. The highest BCUT2D eigenvalue weighted by atomic mass is 32.2. The van der Waals surface area contributed by atoms with E-state index in [1.807, 2.05) is 0 Å². The largest absolute Gasteiger partial charge is 0.384 e. The lowest BCUT2D eigenvalue weighted by Gasteiger charge is -2.25. The highest BCUT2D eigenvalue weighted by molar-refractivity contribution is 7.89. The number of hydrogen-bond acceptors (Lipinski definition) is 3. The Morgan fingerprint density at radius 2 is 1.95 bits per heavy atom. The quantitative estimate of drug-likeness (QED) is 0.838. The van der Waals surface area contributed by atoms with E-state index in [9.17, 15) is 12.8 Å². The molecular formula is C14H16FNO3S. The maximum absolute atomic E-state index is 13.8. The highest BCUT2D eigenvalue weighted by Gasteiger charge is 2.26. The van der Waals surface area contributed by atoms with Gasteiger partial charge in [0.15, 0.2) is 0 Å². The number of nitrogens with zero attached hydrogens (tertiary/aromatic N) is 1. The van der Waals surface area contributed by atoms with Crippen LogP contribution in [0.2, 0.25) is 0 Å². The van der Waals surface area contributed by atoms with Gasteiger partial charge in [0.1, 0.15) is 12.4 Å². The van der Waals surface area contributed by atoms with Crippen LogP contribution >= 0.6 is 0 Å². The average Bonchev–Trinajstić information content (AvgIpc) is 2.47. The van der Waals surface area contributed by atoms with Crippen molar-refractivity contribution in [1.82, 2.24) is 4.31 Å². The van der Waals surface area contributed by atoms with Crippen molar-refractivity contribution in [1.29, 1.82) is 0 Å². The fraction of sp³-hybridized carbons (Fsp3) is 0.429. The zero-order chi connectivity index (χ0) is 14.6. The molecule has 4 nitrogen and oxygen atoms in total. The first-order chi connectivity index (χ1) is 9.55. The van der Waals surface area contributed by atoms with Gasteiger partial charge in [-0.05, 0) is 31.0 Å². The summed E-state index contributed by atoms with van der Waals surface area (Å²) in [5, 5.41) is 8.57. The van der Waals surface area contributed by atoms with Gasteiger partial charge in [0, 0.05) is 13.1 Å². The number of aliphatic hydroxyl groups is 1. The van der Waals surface area contributed by atoms with Crippen molar-refractivity contribution in [2.75, 3.05) is 19.7 Å². The third-order valence-corrected chi connectivity index (χ3v) is 5.09. The summed E-state index contributed by atoms with van der Waals surface area (Å²) in [5.74, 6) is 4.08. The lowest BCUT2D eigenvalue weighted by atomic mass is 10.2. The molecule has 0 spiro atoms. The molecule has 6 heteroatoms. The maximum atomic E-state index is 13.8. The molecule has 0 aromatic heterocycles. The molecule has 1 fully saturated rings. The van der Waals surface area contributed by atoms with Gasteiger partial charge in [-0.1, -0.05) is 18.3 Å². The zero-order valence-corrected chi connectivity index (χ0v) is 11.8. The molecule has 0 aliphatic carbocycles. The number of piperidine rings is 1. The van der Waals surface area contributed by atoms with E-state index in [4.69, 9.17) is 5.11 Å². The normalized spacial score (nSPS) is 16.5. The lowest BCUT2D eigenvalue weighted by Crippen LogP contribution is -2.35. The lowest BCUT2D eigenvalue weighted by molar-refractivity contribution is 0.346. The van der Waals surface area contributed by atoms with E-state index >= 15 is 0 Å². The summed E-state index contributed by atoms with van der Waals surface area (Å²) in [6, 6.07) is 3.68. The molecule has 0 amide bonds. The van der Waals surface area contributed by atoms with Crippen LogP contribution in [0.5, 0.6) is 0 Å². The minimum absolute atomic E-state index is 0.0496. The van der Waals surface area contributed by atoms with Crippen LogP contribution in [0.3, 0.4) is 0 Å². The smallest absolute Gasteiger partial charge is 0.243 e. The van der Waals surface area contributed by atoms with E-state index in [-0.39, 0.29) is 17.1 Å². The van der Waals surface area contributed by atoms with Gasteiger partial charge in [-0.15, -0.1) is 0 Å². The van der Waals surface area contributed by atoms with Gasteiger partial charge in [-0.2, -0.15) is 4.31 Å². The topological polar surface area (TPSA) is 57.6 Å². The number of aliphatic hydroxyl groups excluding tert-OH is 1. The van der Waals surface area contributed by atoms with Crippen molar-refractivity contribution in [2.24, 2.45) is 0 Å². The molecule has 1 heterocycles. The third kappa shape index (κ3) is 3.18. The first-order valence-electron chi connectivity index (χ1n) is 6.45. The summed E-state index contributed by atoms with van der Waals surface area (Å²) >= 11 is 0. The van der Waals surface area contributed by atoms with Crippen LogP contribution in [0.25, 0.3) is 0 Å². The van der Waals surface area contributed by atoms with Crippen LogP contribution in [0, 0.1) is 17.7 Å². The molecule has 1 N–H and O–H groups in total. The summed E-state index contributed by atoms with van der Waals surface area (Å²) in [6.45, 7) is 0.597. The van der Waals surface area contributed by atoms with Crippen LogP contribution in [0.4, 0.5) is 4.39 Å². The Kier molecular flexibility index (Phi) is 4.76. The van der Waals surface area contributed by atoms with Crippen molar-refractivity contribution < 1.29 is 17.9 Å². The molecule has 0 bridgehead atoms. The standard InChI is InChI=1S/C14H16FNO3S/c15-14-11-13(7-6-12(14)5-4-10-17)20(18,19)16-8-2-1-3-9-16/h6-7,11,17H,1-3,8-10H2. The van der Waals surface area contributed by atoms with E-state index in [0.717, 1.165) is 25.3 Å². The molecule has 2 rings (SSSR count). The minimum Gasteiger partial charge on any atom is -0.384 e. The fourth-order valence-electron chi connectivity index (χ4n) is 2.15. The SMILES string of the molecule is O=S(=O)(c1ccc(C#CCO)c(F)c1)N1CCCCC1. The van der Waals surface area contributed by atoms with Crippen LogP contribution in [-0.2, 0) is 10.0 Å². The first kappa shape index (κ1) is 15.0. The highest BCUT2D eigenvalue weighted by Crippen LogP contribution is 2.22. The Morgan fingerprint density at radius 1 is 1.25 bits per heavy atom. The molecule has 0 unspecified atom stereocenters. The predicted molar refractivity (Wildman–Crippen MR) is 73.0 cm³/mol. The van der Waals surface area contributed by atoms with Crippen LogP contribution < -0.4 is 0 Å². The number of rotatable bonds is 2. The molecule has 0 atom stereocenters. The second kappa shape index (κ2) is 6.35. The molecule has 1 aliphatic heterocycles. The number of sulfonamides is 1. The number of hydrogen-bond donors (Lipinski definition) is 1. The molecule has 1 saturated heterocycles. The van der Waals surface area contributed by atoms with E-state index in [0.29, 0.717) is 13.1 Å². The molecule has 1 aliphatic rings. The molecule has 20 heavy (non-hydrogen) atoms. The van der Waals surface area contributed by atoms with Gasteiger partial charge in [0.25, 0.3) is 0 Å². The molecule has 0 radical (unpaired) electrons. The summed E-state index contributed by atoms with van der Waals surface area (Å²) in [7, 11) is -3.63. The first-order valence-corrected chi connectivity index (χ1v) is 7.89. The summed E-state index contributed by atoms with van der Waals surface area (Å²) in [5.41, 5.74) is 0.0802. The van der Waals surface area contributed by atoms with E-state index in [2.05, 4.69) is 11.8 Å². The van der Waals surface area contributed by atoms with E-state index < -0.39 is 15.8 Å². The Labute approximate surface area is 118 Å². The molecule has 1 aromatic carbocycles. The fourth-order valence-corrected chi connectivity index (χ4v) is 3.68. The zero-order valence-electron chi connectivity index (χ0n) is 11.0. The molecule has 108 valence electrons. The van der Waals surface area contributed by atoms with Crippen molar-refractivity contribution in [3.05, 3.63) is 29.6 Å². The van der Waals surface area contributed by atoms with Crippen LogP contribution in [-0.4, -0.2) is 37.5 Å². The van der Waals surface area contributed by atoms with Gasteiger partial charge in [-0.25, -0.2) is 12.8 Å². The Balaban J connectivity index is 2.30. The second-order valence-electron chi connectivity index (χ2n) is 4.57. The molecular weight excluding hydrogens is 281 g/mol. The minimum atomic E-state index is -3.63. The number of halogens is 1. The third-order valence-electron chi connectivity index (χ3n) is 3.20. The van der Waals surface area contributed by atoms with Crippen molar-refractivity contribution in [3.8, 4) is 11.8 Å². The van der Waals surface area contributed by atoms with Gasteiger partial charge < -0.3 is 5.11 Å². The van der Waals surface area contributed by atoms with Crippen molar-refractivity contribution in [2.45, 2.75) is 24.2 Å². The van der Waals surface area contributed by atoms with Gasteiger partial charge in [-0.3, -0.25) is 0 Å². The van der Waals surface area contributed by atoms with E-state index in [1.54, 1.807) is 0 Å². The van der Waals surface area contributed by atoms with Gasteiger partial charge in [0.05, 0.1) is 10.5 Å². The van der Waals surface area contributed by atoms with Gasteiger partial charge >= 0.3 is 0 Å². The monoisotopic (exact) mass is 297 g/mol. The maximum Gasteiger partial charge on any atom is 0.243 e. The Bertz CT molecular complexity index is 640.